The number of hydrogen-bond acceptors (Lipinski definition) is 6. The number of benzene rings is 3. The van der Waals surface area contributed by atoms with Gasteiger partial charge in [0.05, 0.1) is 24.4 Å². The lowest BCUT2D eigenvalue weighted by atomic mass is 9.95. The molecule has 7 heteroatoms. The molecule has 7 nitrogen and oxygen atoms in total. The summed E-state index contributed by atoms with van der Waals surface area (Å²) in [5.74, 6) is -0.804. The maximum Gasteiger partial charge on any atom is 0.296 e. The number of phenols is 1. The maximum atomic E-state index is 13.2. The minimum atomic E-state index is -0.908. The predicted molar refractivity (Wildman–Crippen MR) is 137 cm³/mol. The third-order valence-corrected chi connectivity index (χ3v) is 6.42. The predicted octanol–water partition coefficient (Wildman–Crippen LogP) is 5.49. The van der Waals surface area contributed by atoms with Gasteiger partial charge < -0.3 is 24.3 Å². The standard InChI is InChI=1S/C30H25NO6/c1-19-6-2-3-7-22(19)18-37-24-13-11-20(12-14-24)28(33)26-27(21-8-4-9-23(32)16-21)31(30(35)29(26)34)17-25-10-5-15-36-25/h2-16,27,32-33H,17-18H2,1H3/t27-/m1/s1. The van der Waals surface area contributed by atoms with Crippen LogP contribution in [0.3, 0.4) is 0 Å². The van der Waals surface area contributed by atoms with Crippen LogP contribution in [0.4, 0.5) is 0 Å². The van der Waals surface area contributed by atoms with Crippen molar-refractivity contribution < 1.29 is 29.0 Å². The van der Waals surface area contributed by atoms with Crippen LogP contribution in [0.15, 0.2) is 101 Å². The van der Waals surface area contributed by atoms with Crippen molar-refractivity contribution in [3.63, 3.8) is 0 Å². The molecule has 1 atom stereocenters. The number of ether oxygens (including phenoxy) is 1. The molecule has 5 rings (SSSR count). The quantitative estimate of drug-likeness (QED) is 0.200. The molecule has 0 unspecified atom stereocenters. The molecular weight excluding hydrogens is 470 g/mol. The Morgan fingerprint density at radius 1 is 0.973 bits per heavy atom. The number of ketones is 1. The number of aryl methyl sites for hydroxylation is 1. The zero-order chi connectivity index (χ0) is 25.9. The van der Waals surface area contributed by atoms with E-state index in [9.17, 15) is 19.8 Å². The first-order valence-electron chi connectivity index (χ1n) is 11.8. The van der Waals surface area contributed by atoms with Crippen molar-refractivity contribution in [2.24, 2.45) is 0 Å². The zero-order valence-electron chi connectivity index (χ0n) is 20.1. The van der Waals surface area contributed by atoms with Crippen molar-refractivity contribution in [1.29, 1.82) is 0 Å². The average molecular weight is 496 g/mol. The zero-order valence-corrected chi connectivity index (χ0v) is 20.1. The Kier molecular flexibility index (Phi) is 6.51. The third-order valence-electron chi connectivity index (χ3n) is 6.42. The van der Waals surface area contributed by atoms with Crippen LogP contribution in [0, 0.1) is 6.92 Å². The monoisotopic (exact) mass is 495 g/mol. The minimum absolute atomic E-state index is 0.0174. The third kappa shape index (κ3) is 4.84. The van der Waals surface area contributed by atoms with Gasteiger partial charge in [-0.2, -0.15) is 0 Å². The highest BCUT2D eigenvalue weighted by molar-refractivity contribution is 6.46. The van der Waals surface area contributed by atoms with E-state index in [1.165, 1.54) is 23.3 Å². The summed E-state index contributed by atoms with van der Waals surface area (Å²) in [6.45, 7) is 2.44. The van der Waals surface area contributed by atoms with Crippen molar-refractivity contribution in [2.75, 3.05) is 0 Å². The van der Waals surface area contributed by atoms with E-state index in [0.717, 1.165) is 11.1 Å². The van der Waals surface area contributed by atoms with E-state index < -0.39 is 17.7 Å². The van der Waals surface area contributed by atoms with Gasteiger partial charge in [0.1, 0.15) is 29.6 Å². The first-order chi connectivity index (χ1) is 17.9. The van der Waals surface area contributed by atoms with Gasteiger partial charge in [-0.1, -0.05) is 36.4 Å². The van der Waals surface area contributed by atoms with Crippen LogP contribution in [-0.2, 0) is 22.7 Å². The summed E-state index contributed by atoms with van der Waals surface area (Å²) in [5, 5.41) is 21.3. The Bertz CT molecular complexity index is 1470. The van der Waals surface area contributed by atoms with E-state index in [1.807, 2.05) is 31.2 Å². The number of amides is 1. The Balaban J connectivity index is 1.47. The highest BCUT2D eigenvalue weighted by Crippen LogP contribution is 2.41. The molecular formula is C30H25NO6. The van der Waals surface area contributed by atoms with Gasteiger partial charge in [-0.25, -0.2) is 0 Å². The summed E-state index contributed by atoms with van der Waals surface area (Å²) < 4.78 is 11.3. The summed E-state index contributed by atoms with van der Waals surface area (Å²) >= 11 is 0. The molecule has 0 spiro atoms. The van der Waals surface area contributed by atoms with Crippen LogP contribution in [0.2, 0.25) is 0 Å². The van der Waals surface area contributed by atoms with Crippen LogP contribution in [-0.4, -0.2) is 26.8 Å². The van der Waals surface area contributed by atoms with Crippen LogP contribution in [0.1, 0.15) is 34.1 Å². The van der Waals surface area contributed by atoms with E-state index in [1.54, 1.807) is 48.5 Å². The normalized spacial score (nSPS) is 16.8. The highest BCUT2D eigenvalue weighted by atomic mass is 16.5. The molecule has 0 aliphatic carbocycles. The molecule has 0 radical (unpaired) electrons. The number of aromatic hydroxyl groups is 1. The Hall–Kier alpha value is -4.78. The number of aliphatic hydroxyl groups excluding tert-OH is 1. The van der Waals surface area contributed by atoms with Crippen molar-refractivity contribution in [3.8, 4) is 11.5 Å². The SMILES string of the molecule is Cc1ccccc1COc1ccc(C(O)=C2C(=O)C(=O)N(Cc3ccco3)[C@@H]2c2cccc(O)c2)cc1. The molecule has 0 bridgehead atoms. The van der Waals surface area contributed by atoms with Crippen LogP contribution >= 0.6 is 0 Å². The average Bonchev–Trinajstić information content (AvgIpc) is 3.50. The van der Waals surface area contributed by atoms with Crippen LogP contribution in [0.5, 0.6) is 11.5 Å². The number of carbonyl (C=O) groups is 2. The molecule has 3 aromatic carbocycles. The Morgan fingerprint density at radius 3 is 2.46 bits per heavy atom. The number of aliphatic hydroxyl groups is 1. The smallest absolute Gasteiger partial charge is 0.296 e. The number of hydrogen-bond donors (Lipinski definition) is 2. The second kappa shape index (κ2) is 10.1. The molecule has 1 aliphatic rings. The van der Waals surface area contributed by atoms with Gasteiger partial charge in [-0.3, -0.25) is 9.59 Å². The molecule has 2 N–H and O–H groups in total. The number of likely N-dealkylation sites (tertiary alicyclic amines) is 1. The van der Waals surface area contributed by atoms with Gasteiger partial charge in [-0.05, 0) is 72.1 Å². The molecule has 37 heavy (non-hydrogen) atoms. The fourth-order valence-corrected chi connectivity index (χ4v) is 4.45. The molecule has 1 saturated heterocycles. The van der Waals surface area contributed by atoms with E-state index in [0.29, 0.717) is 29.2 Å². The second-order valence-electron chi connectivity index (χ2n) is 8.84. The molecule has 1 aliphatic heterocycles. The van der Waals surface area contributed by atoms with Gasteiger partial charge in [0, 0.05) is 5.56 Å². The topological polar surface area (TPSA) is 100 Å². The van der Waals surface area contributed by atoms with Gasteiger partial charge in [0.15, 0.2) is 0 Å². The van der Waals surface area contributed by atoms with Crippen LogP contribution < -0.4 is 4.74 Å². The van der Waals surface area contributed by atoms with Crippen molar-refractivity contribution in [3.05, 3.63) is 125 Å². The fourth-order valence-electron chi connectivity index (χ4n) is 4.45. The molecule has 1 fully saturated rings. The lowest BCUT2D eigenvalue weighted by Crippen LogP contribution is -2.29. The first-order valence-corrected chi connectivity index (χ1v) is 11.8. The summed E-state index contributed by atoms with van der Waals surface area (Å²) in [7, 11) is 0. The Morgan fingerprint density at radius 2 is 1.76 bits per heavy atom. The number of Topliss-reactive ketones (excluding diaryl/α,β-unsaturated/α-hetero) is 1. The van der Waals surface area contributed by atoms with E-state index in [-0.39, 0.29) is 23.6 Å². The number of carbonyl (C=O) groups excluding carboxylic acids is 2. The lowest BCUT2D eigenvalue weighted by Gasteiger charge is -2.24. The molecule has 0 saturated carbocycles. The summed E-state index contributed by atoms with van der Waals surface area (Å²) in [5.41, 5.74) is 2.99. The summed E-state index contributed by atoms with van der Waals surface area (Å²) in [6, 6.07) is 23.4. The molecule has 2 heterocycles. The number of nitrogens with zero attached hydrogens (tertiary/aromatic N) is 1. The van der Waals surface area contributed by atoms with Crippen LogP contribution in [0.25, 0.3) is 5.76 Å². The molecule has 1 amide bonds. The molecule has 4 aromatic rings. The second-order valence-corrected chi connectivity index (χ2v) is 8.84. The maximum absolute atomic E-state index is 13.2. The van der Waals surface area contributed by atoms with E-state index in [4.69, 9.17) is 9.15 Å². The minimum Gasteiger partial charge on any atom is -0.508 e. The lowest BCUT2D eigenvalue weighted by molar-refractivity contribution is -0.140. The fraction of sp³-hybridized carbons (Fsp3) is 0.133. The molecule has 186 valence electrons. The van der Waals surface area contributed by atoms with Crippen molar-refractivity contribution in [1.82, 2.24) is 4.90 Å². The van der Waals surface area contributed by atoms with Gasteiger partial charge in [0.2, 0.25) is 0 Å². The molecule has 1 aromatic heterocycles. The highest BCUT2D eigenvalue weighted by Gasteiger charge is 2.46. The summed E-state index contributed by atoms with van der Waals surface area (Å²) in [4.78, 5) is 27.5. The van der Waals surface area contributed by atoms with E-state index >= 15 is 0 Å². The van der Waals surface area contributed by atoms with Gasteiger partial charge >= 0.3 is 0 Å². The number of rotatable bonds is 7. The van der Waals surface area contributed by atoms with E-state index in [2.05, 4.69) is 0 Å². The van der Waals surface area contributed by atoms with Gasteiger partial charge in [0.25, 0.3) is 11.7 Å². The largest absolute Gasteiger partial charge is 0.508 e. The number of phenolic OH excluding ortho intramolecular Hbond substituents is 1. The van der Waals surface area contributed by atoms with Crippen molar-refractivity contribution in [2.45, 2.75) is 26.1 Å². The summed E-state index contributed by atoms with van der Waals surface area (Å²) in [6.07, 6.45) is 1.48. The first kappa shape index (κ1) is 23.9. The Labute approximate surface area is 213 Å². The van der Waals surface area contributed by atoms with Gasteiger partial charge in [-0.15, -0.1) is 0 Å². The number of furan rings is 1. The van der Waals surface area contributed by atoms with Crippen molar-refractivity contribution >= 4 is 17.4 Å².